The van der Waals surface area contributed by atoms with Gasteiger partial charge in [0.05, 0.1) is 13.3 Å². The average molecular weight is 471 g/mol. The summed E-state index contributed by atoms with van der Waals surface area (Å²) in [6, 6.07) is 21.3. The second-order valence-corrected chi connectivity index (χ2v) is 8.23. The van der Waals surface area contributed by atoms with Crippen molar-refractivity contribution in [3.05, 3.63) is 106 Å². The molecule has 0 fully saturated rings. The number of hydrogen-bond acceptors (Lipinski definition) is 4. The Labute approximate surface area is 200 Å². The van der Waals surface area contributed by atoms with Gasteiger partial charge in [-0.05, 0) is 41.5 Å². The molecule has 176 valence electrons. The van der Waals surface area contributed by atoms with Crippen molar-refractivity contribution in [2.45, 2.75) is 19.6 Å². The lowest BCUT2D eigenvalue weighted by Crippen LogP contribution is -2.33. The predicted molar refractivity (Wildman–Crippen MR) is 132 cm³/mol. The fraction of sp³-hybridized carbons (Fsp3) is 0.148. The molecule has 7 nitrogen and oxygen atoms in total. The van der Waals surface area contributed by atoms with Crippen LogP contribution in [0.5, 0.6) is 5.75 Å². The van der Waals surface area contributed by atoms with E-state index in [0.717, 1.165) is 22.0 Å². The highest BCUT2D eigenvalue weighted by molar-refractivity contribution is 6.07. The second kappa shape index (κ2) is 9.42. The Morgan fingerprint density at radius 2 is 1.80 bits per heavy atom. The number of halogens is 1. The summed E-state index contributed by atoms with van der Waals surface area (Å²) in [6.45, 7) is 0.472. The number of aromatic nitrogens is 3. The van der Waals surface area contributed by atoms with Crippen LogP contribution in [0.1, 0.15) is 11.1 Å². The number of fused-ring (bicyclic) bond motifs is 3. The molecule has 3 aromatic carbocycles. The highest BCUT2D eigenvalue weighted by atomic mass is 19.1. The molecule has 5 aromatic rings. The Hall–Kier alpha value is -4.46. The van der Waals surface area contributed by atoms with Crippen LogP contribution in [0.25, 0.3) is 21.8 Å². The zero-order valence-corrected chi connectivity index (χ0v) is 19.1. The summed E-state index contributed by atoms with van der Waals surface area (Å²) in [7, 11) is 1.58. The Bertz CT molecular complexity index is 1590. The van der Waals surface area contributed by atoms with Crippen LogP contribution in [0.3, 0.4) is 0 Å². The van der Waals surface area contributed by atoms with E-state index in [1.54, 1.807) is 25.4 Å². The maximum Gasteiger partial charge on any atom is 0.291 e. The molecule has 0 aliphatic rings. The topological polar surface area (TPSA) is 78.2 Å². The number of para-hydroxylation sites is 1. The molecular formula is C27H23FN4O3. The zero-order valence-electron chi connectivity index (χ0n) is 19.1. The first-order chi connectivity index (χ1) is 17.0. The van der Waals surface area contributed by atoms with Gasteiger partial charge in [-0.25, -0.2) is 9.07 Å². The number of carbonyl (C=O) groups excluding carboxylic acids is 1. The minimum atomic E-state index is -0.364. The molecule has 2 aromatic heterocycles. The smallest absolute Gasteiger partial charge is 0.291 e. The van der Waals surface area contributed by atoms with E-state index in [9.17, 15) is 14.0 Å². The lowest BCUT2D eigenvalue weighted by Gasteiger charge is -2.10. The van der Waals surface area contributed by atoms with Gasteiger partial charge in [-0.15, -0.1) is 0 Å². The first-order valence-corrected chi connectivity index (χ1v) is 11.1. The number of hydrogen-bond donors (Lipinski definition) is 1. The van der Waals surface area contributed by atoms with Gasteiger partial charge < -0.3 is 14.6 Å². The molecule has 0 atom stereocenters. The van der Waals surface area contributed by atoms with Crippen LogP contribution in [-0.4, -0.2) is 27.4 Å². The fourth-order valence-electron chi connectivity index (χ4n) is 4.22. The normalized spacial score (nSPS) is 11.1. The Morgan fingerprint density at radius 1 is 1.00 bits per heavy atom. The molecule has 5 rings (SSSR count). The van der Waals surface area contributed by atoms with Gasteiger partial charge in [-0.1, -0.05) is 42.5 Å². The Kier molecular flexibility index (Phi) is 6.01. The molecule has 0 spiro atoms. The van der Waals surface area contributed by atoms with E-state index in [1.807, 2.05) is 53.1 Å². The van der Waals surface area contributed by atoms with Crippen LogP contribution < -0.4 is 15.6 Å². The highest BCUT2D eigenvalue weighted by Gasteiger charge is 2.17. The molecule has 0 radical (unpaired) electrons. The third-order valence-corrected chi connectivity index (χ3v) is 5.94. The van der Waals surface area contributed by atoms with Crippen molar-refractivity contribution in [2.75, 3.05) is 7.11 Å². The second-order valence-electron chi connectivity index (χ2n) is 8.23. The summed E-state index contributed by atoms with van der Waals surface area (Å²) in [5.41, 5.74) is 2.69. The van der Waals surface area contributed by atoms with Crippen LogP contribution in [0.4, 0.5) is 4.39 Å². The zero-order chi connectivity index (χ0) is 24.4. The number of carbonyl (C=O) groups is 1. The summed E-state index contributed by atoms with van der Waals surface area (Å²) in [6.07, 6.45) is 1.62. The number of benzene rings is 3. The number of ether oxygens (including phenoxy) is 1. The number of nitrogens with one attached hydrogen (secondary N) is 1. The minimum absolute atomic E-state index is 0.211. The summed E-state index contributed by atoms with van der Waals surface area (Å²) < 4.78 is 21.7. The number of nitrogens with zero attached hydrogens (tertiary/aromatic N) is 3. The number of rotatable bonds is 7. The molecule has 0 saturated heterocycles. The standard InChI is InChI=1S/C27H23FN4O3/c1-35-21-6-4-5-19(13-21)14-29-25(33)17-32-27(34)26-23(15-30-32)22-7-2-3-8-24(22)31(26)16-18-9-11-20(28)12-10-18/h2-13,15H,14,16-17H2,1H3,(H,29,33). The quantitative estimate of drug-likeness (QED) is 0.392. The van der Waals surface area contributed by atoms with Gasteiger partial charge in [-0.3, -0.25) is 9.59 Å². The van der Waals surface area contributed by atoms with E-state index in [0.29, 0.717) is 29.7 Å². The van der Waals surface area contributed by atoms with Gasteiger partial charge in [0.1, 0.15) is 23.6 Å². The molecule has 1 N–H and O–H groups in total. The third-order valence-electron chi connectivity index (χ3n) is 5.94. The molecule has 2 heterocycles. The van der Waals surface area contributed by atoms with Crippen molar-refractivity contribution in [3.8, 4) is 5.75 Å². The van der Waals surface area contributed by atoms with Crippen molar-refractivity contribution in [2.24, 2.45) is 0 Å². The summed E-state index contributed by atoms with van der Waals surface area (Å²) in [4.78, 5) is 26.1. The van der Waals surface area contributed by atoms with Gasteiger partial charge in [0, 0.05) is 29.4 Å². The van der Waals surface area contributed by atoms with E-state index in [1.165, 1.54) is 16.8 Å². The molecule has 1 amide bonds. The Morgan fingerprint density at radius 3 is 2.60 bits per heavy atom. The molecule has 0 saturated carbocycles. The van der Waals surface area contributed by atoms with Crippen molar-refractivity contribution in [1.29, 1.82) is 0 Å². The molecule has 0 aliphatic heterocycles. The maximum absolute atomic E-state index is 13.5. The van der Waals surface area contributed by atoms with Crippen LogP contribution in [-0.2, 0) is 24.4 Å². The average Bonchev–Trinajstić information content (AvgIpc) is 3.20. The summed E-state index contributed by atoms with van der Waals surface area (Å²) in [5.74, 6) is 0.0551. The van der Waals surface area contributed by atoms with E-state index in [-0.39, 0.29) is 23.8 Å². The molecule has 0 unspecified atom stereocenters. The van der Waals surface area contributed by atoms with Gasteiger partial charge in [0.2, 0.25) is 5.91 Å². The van der Waals surface area contributed by atoms with Gasteiger partial charge >= 0.3 is 0 Å². The number of methoxy groups -OCH3 is 1. The summed E-state index contributed by atoms with van der Waals surface area (Å²) in [5, 5.41) is 8.70. The number of amides is 1. The van der Waals surface area contributed by atoms with Crippen molar-refractivity contribution in [1.82, 2.24) is 19.7 Å². The Balaban J connectivity index is 1.46. The highest BCUT2D eigenvalue weighted by Crippen LogP contribution is 2.27. The van der Waals surface area contributed by atoms with Crippen LogP contribution in [0, 0.1) is 5.82 Å². The largest absolute Gasteiger partial charge is 0.497 e. The lowest BCUT2D eigenvalue weighted by atomic mass is 10.2. The van der Waals surface area contributed by atoms with E-state index in [2.05, 4.69) is 10.4 Å². The third kappa shape index (κ3) is 4.50. The van der Waals surface area contributed by atoms with Crippen molar-refractivity contribution >= 4 is 27.7 Å². The van der Waals surface area contributed by atoms with Crippen LogP contribution in [0.2, 0.25) is 0 Å². The molecular weight excluding hydrogens is 447 g/mol. The molecule has 8 heteroatoms. The van der Waals surface area contributed by atoms with E-state index < -0.39 is 0 Å². The van der Waals surface area contributed by atoms with E-state index in [4.69, 9.17) is 4.74 Å². The van der Waals surface area contributed by atoms with Gasteiger partial charge in [0.25, 0.3) is 5.56 Å². The monoisotopic (exact) mass is 470 g/mol. The minimum Gasteiger partial charge on any atom is -0.497 e. The fourth-order valence-corrected chi connectivity index (χ4v) is 4.22. The van der Waals surface area contributed by atoms with E-state index >= 15 is 0 Å². The molecule has 0 aliphatic carbocycles. The molecule has 0 bridgehead atoms. The first kappa shape index (κ1) is 22.3. The first-order valence-electron chi connectivity index (χ1n) is 11.1. The molecule has 35 heavy (non-hydrogen) atoms. The predicted octanol–water partition coefficient (Wildman–Crippen LogP) is 3.86. The summed E-state index contributed by atoms with van der Waals surface area (Å²) >= 11 is 0. The van der Waals surface area contributed by atoms with Crippen LogP contribution >= 0.6 is 0 Å². The van der Waals surface area contributed by atoms with Crippen molar-refractivity contribution < 1.29 is 13.9 Å². The van der Waals surface area contributed by atoms with Gasteiger partial charge in [0.15, 0.2) is 0 Å². The lowest BCUT2D eigenvalue weighted by molar-refractivity contribution is -0.122. The van der Waals surface area contributed by atoms with Crippen molar-refractivity contribution in [3.63, 3.8) is 0 Å². The van der Waals surface area contributed by atoms with Gasteiger partial charge in [-0.2, -0.15) is 5.10 Å². The van der Waals surface area contributed by atoms with Crippen LogP contribution in [0.15, 0.2) is 83.8 Å². The maximum atomic E-state index is 13.5. The SMILES string of the molecule is COc1cccc(CNC(=O)Cn2ncc3c4ccccc4n(Cc4ccc(F)cc4)c3c2=O)c1.